The van der Waals surface area contributed by atoms with Crippen molar-refractivity contribution < 1.29 is 13.2 Å². The summed E-state index contributed by atoms with van der Waals surface area (Å²) in [5.74, 6) is 1.24. The van der Waals surface area contributed by atoms with Crippen molar-refractivity contribution in [3.05, 3.63) is 29.8 Å². The lowest BCUT2D eigenvalue weighted by Crippen LogP contribution is -2.44. The standard InChI is InChI=1S/C16H26N2O3S/c1-5-21-16-9-7-6-8-15(16)12-17(3)22(19,20)18(4)13(2)14-10-11-14/h6-9,13-14H,5,10-12H2,1-4H3/t13-/m0/s1. The molecular formula is C16H26N2O3S. The number of hydrogen-bond donors (Lipinski definition) is 0. The minimum absolute atomic E-state index is 0.0505. The summed E-state index contributed by atoms with van der Waals surface area (Å²) in [6.45, 7) is 4.77. The van der Waals surface area contributed by atoms with Crippen molar-refractivity contribution in [2.45, 2.75) is 39.3 Å². The molecule has 22 heavy (non-hydrogen) atoms. The Balaban J connectivity index is 2.12. The van der Waals surface area contributed by atoms with Crippen LogP contribution in [0.4, 0.5) is 0 Å². The lowest BCUT2D eigenvalue weighted by molar-refractivity contribution is 0.313. The molecule has 0 saturated heterocycles. The van der Waals surface area contributed by atoms with Gasteiger partial charge in [0.05, 0.1) is 6.61 Å². The second-order valence-electron chi connectivity index (χ2n) is 5.90. The monoisotopic (exact) mass is 326 g/mol. The van der Waals surface area contributed by atoms with Crippen molar-refractivity contribution in [3.8, 4) is 5.75 Å². The lowest BCUT2D eigenvalue weighted by Gasteiger charge is -2.29. The predicted octanol–water partition coefficient (Wildman–Crippen LogP) is 2.49. The van der Waals surface area contributed by atoms with Crippen LogP contribution in [0.3, 0.4) is 0 Å². The molecule has 0 spiro atoms. The zero-order chi connectivity index (χ0) is 16.3. The Morgan fingerprint density at radius 2 is 1.91 bits per heavy atom. The Hall–Kier alpha value is -1.11. The van der Waals surface area contributed by atoms with Crippen LogP contribution in [0, 0.1) is 5.92 Å². The molecular weight excluding hydrogens is 300 g/mol. The fourth-order valence-electron chi connectivity index (χ4n) is 2.56. The van der Waals surface area contributed by atoms with E-state index in [1.807, 2.05) is 38.1 Å². The van der Waals surface area contributed by atoms with Gasteiger partial charge < -0.3 is 4.74 Å². The second-order valence-corrected chi connectivity index (χ2v) is 7.99. The van der Waals surface area contributed by atoms with Gasteiger partial charge in [0.15, 0.2) is 0 Å². The van der Waals surface area contributed by atoms with E-state index < -0.39 is 10.2 Å². The normalized spacial score (nSPS) is 17.0. The molecule has 0 heterocycles. The molecule has 0 N–H and O–H groups in total. The fourth-order valence-corrected chi connectivity index (χ4v) is 3.89. The van der Waals surface area contributed by atoms with E-state index in [4.69, 9.17) is 4.74 Å². The zero-order valence-electron chi connectivity index (χ0n) is 13.8. The van der Waals surface area contributed by atoms with Crippen molar-refractivity contribution in [2.24, 2.45) is 5.92 Å². The maximum Gasteiger partial charge on any atom is 0.282 e. The molecule has 0 bridgehead atoms. The van der Waals surface area contributed by atoms with E-state index in [2.05, 4.69) is 0 Å². The molecule has 1 aromatic rings. The summed E-state index contributed by atoms with van der Waals surface area (Å²) in [5, 5.41) is 0. The largest absolute Gasteiger partial charge is 0.494 e. The highest BCUT2D eigenvalue weighted by Crippen LogP contribution is 2.36. The molecule has 1 saturated carbocycles. The van der Waals surface area contributed by atoms with Crippen LogP contribution in [0.2, 0.25) is 0 Å². The molecule has 124 valence electrons. The Kier molecular flexibility index (Phi) is 5.47. The summed E-state index contributed by atoms with van der Waals surface area (Å²) in [6.07, 6.45) is 2.25. The third-order valence-corrected chi connectivity index (χ3v) is 6.28. The van der Waals surface area contributed by atoms with Gasteiger partial charge in [0.1, 0.15) is 5.75 Å². The molecule has 1 aliphatic rings. The molecule has 0 amide bonds. The van der Waals surface area contributed by atoms with Gasteiger partial charge in [-0.1, -0.05) is 18.2 Å². The van der Waals surface area contributed by atoms with Gasteiger partial charge in [0.2, 0.25) is 0 Å². The van der Waals surface area contributed by atoms with E-state index in [0.717, 1.165) is 24.2 Å². The van der Waals surface area contributed by atoms with Crippen molar-refractivity contribution in [1.29, 1.82) is 0 Å². The molecule has 0 aromatic heterocycles. The second kappa shape index (κ2) is 6.98. The number of ether oxygens (including phenoxy) is 1. The van der Waals surface area contributed by atoms with Crippen molar-refractivity contribution in [1.82, 2.24) is 8.61 Å². The highest BCUT2D eigenvalue weighted by molar-refractivity contribution is 7.86. The molecule has 1 aromatic carbocycles. The van der Waals surface area contributed by atoms with Crippen LogP contribution in [0.15, 0.2) is 24.3 Å². The van der Waals surface area contributed by atoms with Crippen molar-refractivity contribution >= 4 is 10.2 Å². The average molecular weight is 326 g/mol. The maximum atomic E-state index is 12.7. The van der Waals surface area contributed by atoms with Crippen LogP contribution in [0.5, 0.6) is 5.75 Å². The average Bonchev–Trinajstić information content (AvgIpc) is 3.32. The van der Waals surface area contributed by atoms with Gasteiger partial charge >= 0.3 is 0 Å². The van der Waals surface area contributed by atoms with Crippen LogP contribution in [-0.4, -0.2) is 43.8 Å². The number of benzene rings is 1. The Bertz CT molecular complexity index is 599. The summed E-state index contributed by atoms with van der Waals surface area (Å²) in [7, 11) is -0.173. The first-order valence-electron chi connectivity index (χ1n) is 7.78. The topological polar surface area (TPSA) is 49.9 Å². The van der Waals surface area contributed by atoms with Gasteiger partial charge in [-0.25, -0.2) is 0 Å². The molecule has 0 radical (unpaired) electrons. The molecule has 2 rings (SSSR count). The van der Waals surface area contributed by atoms with Crippen LogP contribution in [-0.2, 0) is 16.8 Å². The summed E-state index contributed by atoms with van der Waals surface area (Å²) >= 11 is 0. The third-order valence-electron chi connectivity index (χ3n) is 4.30. The smallest absolute Gasteiger partial charge is 0.282 e. The van der Waals surface area contributed by atoms with Crippen LogP contribution < -0.4 is 4.74 Å². The minimum Gasteiger partial charge on any atom is -0.494 e. The van der Waals surface area contributed by atoms with Gasteiger partial charge in [-0.2, -0.15) is 17.0 Å². The van der Waals surface area contributed by atoms with Gasteiger partial charge in [-0.05, 0) is 38.7 Å². The first-order valence-corrected chi connectivity index (χ1v) is 9.17. The molecule has 1 atom stereocenters. The SMILES string of the molecule is CCOc1ccccc1CN(C)S(=O)(=O)N(C)[C@@H](C)C1CC1. The lowest BCUT2D eigenvalue weighted by atomic mass is 10.2. The zero-order valence-corrected chi connectivity index (χ0v) is 14.6. The molecule has 0 aliphatic heterocycles. The maximum absolute atomic E-state index is 12.7. The predicted molar refractivity (Wildman–Crippen MR) is 87.9 cm³/mol. The van der Waals surface area contributed by atoms with Crippen LogP contribution in [0.25, 0.3) is 0 Å². The molecule has 1 fully saturated rings. The minimum atomic E-state index is -3.46. The molecule has 5 nitrogen and oxygen atoms in total. The van der Waals surface area contributed by atoms with E-state index in [0.29, 0.717) is 19.1 Å². The molecule has 6 heteroatoms. The van der Waals surface area contributed by atoms with Crippen LogP contribution in [0.1, 0.15) is 32.3 Å². The Morgan fingerprint density at radius 1 is 1.27 bits per heavy atom. The number of rotatable bonds is 8. The summed E-state index contributed by atoms with van der Waals surface area (Å²) in [5.41, 5.74) is 0.878. The third kappa shape index (κ3) is 3.80. The summed E-state index contributed by atoms with van der Waals surface area (Å²) in [6, 6.07) is 7.62. The fraction of sp³-hybridized carbons (Fsp3) is 0.625. The van der Waals surface area contributed by atoms with Gasteiger partial charge in [-0.15, -0.1) is 0 Å². The van der Waals surface area contributed by atoms with E-state index >= 15 is 0 Å². The highest BCUT2D eigenvalue weighted by atomic mass is 32.2. The summed E-state index contributed by atoms with van der Waals surface area (Å²) < 4.78 is 33.8. The molecule has 0 unspecified atom stereocenters. The van der Waals surface area contributed by atoms with Gasteiger partial charge in [-0.3, -0.25) is 0 Å². The van der Waals surface area contributed by atoms with Crippen molar-refractivity contribution in [3.63, 3.8) is 0 Å². The number of nitrogens with zero attached hydrogens (tertiary/aromatic N) is 2. The first kappa shape index (κ1) is 17.2. The Labute approximate surface area is 134 Å². The Morgan fingerprint density at radius 3 is 2.50 bits per heavy atom. The summed E-state index contributed by atoms with van der Waals surface area (Å²) in [4.78, 5) is 0. The quantitative estimate of drug-likeness (QED) is 0.737. The van der Waals surface area contributed by atoms with Crippen molar-refractivity contribution in [2.75, 3.05) is 20.7 Å². The number of hydrogen-bond acceptors (Lipinski definition) is 3. The van der Waals surface area contributed by atoms with E-state index in [1.165, 1.54) is 8.61 Å². The van der Waals surface area contributed by atoms with E-state index in [1.54, 1.807) is 14.1 Å². The first-order chi connectivity index (χ1) is 10.4. The van der Waals surface area contributed by atoms with E-state index in [9.17, 15) is 8.42 Å². The van der Waals surface area contributed by atoms with Gasteiger partial charge in [0.25, 0.3) is 10.2 Å². The van der Waals surface area contributed by atoms with E-state index in [-0.39, 0.29) is 6.04 Å². The van der Waals surface area contributed by atoms with Crippen LogP contribution >= 0.6 is 0 Å². The highest BCUT2D eigenvalue weighted by Gasteiger charge is 2.37. The van der Waals surface area contributed by atoms with Gasteiger partial charge in [0, 0.05) is 32.2 Å². The number of para-hydroxylation sites is 1. The molecule has 1 aliphatic carbocycles.